The molecular formula is C14H18N2O2S2. The van der Waals surface area contributed by atoms with E-state index >= 15 is 0 Å². The highest BCUT2D eigenvalue weighted by molar-refractivity contribution is 7.90. The standard InChI is InChI=1S/C14H18N2O2S2/c1-11(9-12-5-4-8-19-12)10-16-14-13(20(2,17)18)6-3-7-15-14/h3-8,11H,9-10H2,1-2H3,(H,15,16). The number of nitrogens with one attached hydrogen (secondary N) is 1. The lowest BCUT2D eigenvalue weighted by Gasteiger charge is -2.14. The molecule has 0 saturated carbocycles. The van der Waals surface area contributed by atoms with Gasteiger partial charge in [0.15, 0.2) is 9.84 Å². The van der Waals surface area contributed by atoms with Crippen molar-refractivity contribution in [2.24, 2.45) is 5.92 Å². The van der Waals surface area contributed by atoms with E-state index in [0.29, 0.717) is 18.3 Å². The minimum atomic E-state index is -3.25. The van der Waals surface area contributed by atoms with Gasteiger partial charge in [-0.25, -0.2) is 13.4 Å². The summed E-state index contributed by atoms with van der Waals surface area (Å²) in [5.41, 5.74) is 0. The quantitative estimate of drug-likeness (QED) is 0.891. The summed E-state index contributed by atoms with van der Waals surface area (Å²) in [5, 5.41) is 5.21. The van der Waals surface area contributed by atoms with E-state index in [0.717, 1.165) is 6.42 Å². The first-order valence-corrected chi connectivity index (χ1v) is 9.15. The third-order valence-corrected chi connectivity index (χ3v) is 4.94. The summed E-state index contributed by atoms with van der Waals surface area (Å²) in [5.74, 6) is 0.844. The zero-order valence-corrected chi connectivity index (χ0v) is 13.2. The lowest BCUT2D eigenvalue weighted by molar-refractivity contribution is 0.599. The van der Waals surface area contributed by atoms with Gasteiger partial charge in [-0.3, -0.25) is 0 Å². The van der Waals surface area contributed by atoms with Gasteiger partial charge in [0.1, 0.15) is 10.7 Å². The molecule has 0 aliphatic carbocycles. The molecule has 2 heterocycles. The van der Waals surface area contributed by atoms with E-state index in [1.54, 1.807) is 29.7 Å². The summed E-state index contributed by atoms with van der Waals surface area (Å²) in [6.07, 6.45) is 3.77. The fourth-order valence-corrected chi connectivity index (χ4v) is 3.61. The fraction of sp³-hybridized carbons (Fsp3) is 0.357. The Morgan fingerprint density at radius 1 is 1.35 bits per heavy atom. The monoisotopic (exact) mass is 310 g/mol. The second-order valence-electron chi connectivity index (χ2n) is 4.89. The first-order valence-electron chi connectivity index (χ1n) is 6.38. The number of hydrogen-bond acceptors (Lipinski definition) is 5. The van der Waals surface area contributed by atoms with Gasteiger partial charge in [0.2, 0.25) is 0 Å². The summed E-state index contributed by atoms with van der Waals surface area (Å²) in [6, 6.07) is 7.37. The maximum absolute atomic E-state index is 11.7. The van der Waals surface area contributed by atoms with Crippen LogP contribution in [0.2, 0.25) is 0 Å². The minimum absolute atomic E-state index is 0.253. The second kappa shape index (κ2) is 6.37. The lowest BCUT2D eigenvalue weighted by atomic mass is 10.1. The third-order valence-electron chi connectivity index (χ3n) is 2.92. The van der Waals surface area contributed by atoms with Gasteiger partial charge in [0.25, 0.3) is 0 Å². The molecule has 6 heteroatoms. The highest BCUT2D eigenvalue weighted by Crippen LogP contribution is 2.19. The van der Waals surface area contributed by atoms with Crippen LogP contribution in [0.4, 0.5) is 5.82 Å². The first kappa shape index (κ1) is 15.0. The molecule has 0 bridgehead atoms. The summed E-state index contributed by atoms with van der Waals surface area (Å²) >= 11 is 1.74. The van der Waals surface area contributed by atoms with Crippen molar-refractivity contribution >= 4 is 27.0 Å². The number of anilines is 1. The van der Waals surface area contributed by atoms with Gasteiger partial charge >= 0.3 is 0 Å². The smallest absolute Gasteiger partial charge is 0.179 e. The van der Waals surface area contributed by atoms with Gasteiger partial charge in [-0.1, -0.05) is 13.0 Å². The maximum atomic E-state index is 11.7. The Bertz CT molecular complexity index is 652. The van der Waals surface area contributed by atoms with Crippen LogP contribution in [-0.2, 0) is 16.3 Å². The van der Waals surface area contributed by atoms with Crippen LogP contribution in [0.15, 0.2) is 40.7 Å². The SMILES string of the molecule is CC(CNc1ncccc1S(C)(=O)=O)Cc1cccs1. The average molecular weight is 310 g/mol. The van der Waals surface area contributed by atoms with Crippen molar-refractivity contribution in [1.29, 1.82) is 0 Å². The van der Waals surface area contributed by atoms with Crippen LogP contribution in [0, 0.1) is 5.92 Å². The van der Waals surface area contributed by atoms with Crippen molar-refractivity contribution < 1.29 is 8.42 Å². The summed E-state index contributed by atoms with van der Waals surface area (Å²) < 4.78 is 23.4. The van der Waals surface area contributed by atoms with Crippen LogP contribution < -0.4 is 5.32 Å². The van der Waals surface area contributed by atoms with Crippen LogP contribution in [0.5, 0.6) is 0 Å². The Morgan fingerprint density at radius 2 is 2.15 bits per heavy atom. The molecule has 2 rings (SSSR count). The molecule has 1 N–H and O–H groups in total. The number of nitrogens with zero attached hydrogens (tertiary/aromatic N) is 1. The van der Waals surface area contributed by atoms with E-state index in [1.807, 2.05) is 6.07 Å². The van der Waals surface area contributed by atoms with Gasteiger partial charge in [-0.05, 0) is 35.9 Å². The molecule has 2 aromatic rings. The van der Waals surface area contributed by atoms with Gasteiger partial charge in [0.05, 0.1) is 0 Å². The average Bonchev–Trinajstić information content (AvgIpc) is 2.88. The molecule has 0 spiro atoms. The van der Waals surface area contributed by atoms with Crippen molar-refractivity contribution in [1.82, 2.24) is 4.98 Å². The number of aromatic nitrogens is 1. The Balaban J connectivity index is 2.01. The summed E-state index contributed by atoms with van der Waals surface area (Å²) in [7, 11) is -3.25. The van der Waals surface area contributed by atoms with Crippen LogP contribution in [0.25, 0.3) is 0 Å². The van der Waals surface area contributed by atoms with Gasteiger partial charge < -0.3 is 5.32 Å². The number of thiophene rings is 1. The lowest BCUT2D eigenvalue weighted by Crippen LogP contribution is -2.16. The van der Waals surface area contributed by atoms with Crippen LogP contribution in [-0.4, -0.2) is 26.2 Å². The molecule has 108 valence electrons. The molecule has 2 aromatic heterocycles. The molecule has 1 atom stereocenters. The molecule has 1 unspecified atom stereocenters. The number of rotatable bonds is 6. The summed E-state index contributed by atoms with van der Waals surface area (Å²) in [6.45, 7) is 2.83. The molecular weight excluding hydrogens is 292 g/mol. The topological polar surface area (TPSA) is 59.1 Å². The molecule has 4 nitrogen and oxygen atoms in total. The summed E-state index contributed by atoms with van der Waals surface area (Å²) in [4.78, 5) is 5.72. The second-order valence-corrected chi connectivity index (χ2v) is 7.91. The Morgan fingerprint density at radius 3 is 2.80 bits per heavy atom. The molecule has 0 saturated heterocycles. The number of sulfone groups is 1. The third kappa shape index (κ3) is 4.05. The highest BCUT2D eigenvalue weighted by Gasteiger charge is 2.14. The first-order chi connectivity index (χ1) is 9.47. The molecule has 0 fully saturated rings. The van der Waals surface area contributed by atoms with Crippen molar-refractivity contribution in [3.05, 3.63) is 40.7 Å². The molecule has 0 aromatic carbocycles. The predicted octanol–water partition coefficient (Wildman–Crippen LogP) is 2.84. The van der Waals surface area contributed by atoms with Crippen LogP contribution >= 0.6 is 11.3 Å². The zero-order valence-electron chi connectivity index (χ0n) is 11.5. The zero-order chi connectivity index (χ0) is 14.6. The minimum Gasteiger partial charge on any atom is -0.369 e. The molecule has 0 radical (unpaired) electrons. The van der Waals surface area contributed by atoms with Crippen molar-refractivity contribution in [3.63, 3.8) is 0 Å². The van der Waals surface area contributed by atoms with Gasteiger partial charge in [-0.15, -0.1) is 11.3 Å². The van der Waals surface area contributed by atoms with E-state index in [9.17, 15) is 8.42 Å². The van der Waals surface area contributed by atoms with Gasteiger partial charge in [-0.2, -0.15) is 0 Å². The van der Waals surface area contributed by atoms with Crippen LogP contribution in [0.1, 0.15) is 11.8 Å². The van der Waals surface area contributed by atoms with Crippen molar-refractivity contribution in [2.45, 2.75) is 18.2 Å². The Kier molecular flexibility index (Phi) is 4.77. The Hall–Kier alpha value is -1.40. The largest absolute Gasteiger partial charge is 0.369 e. The maximum Gasteiger partial charge on any atom is 0.179 e. The molecule has 0 amide bonds. The Labute approximate surface area is 123 Å². The van der Waals surface area contributed by atoms with E-state index in [-0.39, 0.29) is 4.90 Å². The van der Waals surface area contributed by atoms with E-state index in [2.05, 4.69) is 28.7 Å². The van der Waals surface area contributed by atoms with E-state index < -0.39 is 9.84 Å². The highest BCUT2D eigenvalue weighted by atomic mass is 32.2. The predicted molar refractivity (Wildman–Crippen MR) is 83.0 cm³/mol. The van der Waals surface area contributed by atoms with E-state index in [4.69, 9.17) is 0 Å². The normalized spacial score (nSPS) is 13.1. The molecule has 0 aliphatic rings. The van der Waals surface area contributed by atoms with Crippen molar-refractivity contribution in [2.75, 3.05) is 18.1 Å². The number of pyridine rings is 1. The molecule has 20 heavy (non-hydrogen) atoms. The van der Waals surface area contributed by atoms with E-state index in [1.165, 1.54) is 11.1 Å². The van der Waals surface area contributed by atoms with Gasteiger partial charge in [0, 0.05) is 23.9 Å². The van der Waals surface area contributed by atoms with Crippen LogP contribution in [0.3, 0.4) is 0 Å². The number of hydrogen-bond donors (Lipinski definition) is 1. The molecule has 0 aliphatic heterocycles. The fourth-order valence-electron chi connectivity index (χ4n) is 1.94. The van der Waals surface area contributed by atoms with Crippen molar-refractivity contribution in [3.8, 4) is 0 Å².